The molecule has 0 aliphatic carbocycles. The van der Waals surface area contributed by atoms with E-state index in [1.165, 1.54) is 11.1 Å². The van der Waals surface area contributed by atoms with Crippen molar-refractivity contribution in [3.8, 4) is 0 Å². The minimum absolute atomic E-state index is 0.0411. The van der Waals surface area contributed by atoms with Gasteiger partial charge in [-0.2, -0.15) is 0 Å². The molecule has 2 aliphatic rings. The zero-order valence-corrected chi connectivity index (χ0v) is 19.5. The quantitative estimate of drug-likeness (QED) is 0.263. The van der Waals surface area contributed by atoms with Crippen LogP contribution in [0.2, 0.25) is 0 Å². The maximum absolute atomic E-state index is 13.0. The Bertz CT molecular complexity index is 1230. The molecule has 4 rings (SSSR count). The summed E-state index contributed by atoms with van der Waals surface area (Å²) in [5.74, 6) is -1.37. The van der Waals surface area contributed by atoms with Crippen molar-refractivity contribution in [1.29, 1.82) is 0 Å². The molecule has 1 fully saturated rings. The van der Waals surface area contributed by atoms with E-state index in [9.17, 15) is 24.3 Å². The maximum atomic E-state index is 13.0. The molecule has 8 nitrogen and oxygen atoms in total. The smallest absolute Gasteiger partial charge is 0.255 e. The molecule has 0 bridgehead atoms. The summed E-state index contributed by atoms with van der Waals surface area (Å²) >= 11 is 0. The summed E-state index contributed by atoms with van der Waals surface area (Å²) in [7, 11) is 0. The van der Waals surface area contributed by atoms with Gasteiger partial charge in [-0.1, -0.05) is 43.3 Å². The zero-order valence-electron chi connectivity index (χ0n) is 19.5. The fourth-order valence-electron chi connectivity index (χ4n) is 4.36. The van der Waals surface area contributed by atoms with E-state index in [0.717, 1.165) is 5.56 Å². The van der Waals surface area contributed by atoms with E-state index in [4.69, 9.17) is 0 Å². The van der Waals surface area contributed by atoms with Crippen LogP contribution in [-0.2, 0) is 27.3 Å². The highest BCUT2D eigenvalue weighted by Crippen LogP contribution is 2.33. The van der Waals surface area contributed by atoms with Gasteiger partial charge in [-0.15, -0.1) is 0 Å². The van der Waals surface area contributed by atoms with Gasteiger partial charge in [0.2, 0.25) is 11.8 Å². The first-order valence-corrected chi connectivity index (χ1v) is 11.7. The summed E-state index contributed by atoms with van der Waals surface area (Å²) in [6, 6.07) is 14.0. The number of Topliss-reactive ketones (excluding diaryl/α,β-unsaturated/α-hetero) is 1. The van der Waals surface area contributed by atoms with Gasteiger partial charge in [-0.25, -0.2) is 0 Å². The van der Waals surface area contributed by atoms with Crippen molar-refractivity contribution >= 4 is 35.4 Å². The Labute approximate surface area is 203 Å². The van der Waals surface area contributed by atoms with E-state index in [-0.39, 0.29) is 61.2 Å². The molecule has 180 valence electrons. The molecule has 2 aliphatic heterocycles. The number of allylic oxidation sites excluding steroid dienone is 2. The second-order valence-electron chi connectivity index (χ2n) is 8.58. The minimum atomic E-state index is -0.719. The number of imide groups is 1. The minimum Gasteiger partial charge on any atom is -0.512 e. The Kier molecular flexibility index (Phi) is 7.19. The number of fused-ring (bicyclic) bond motifs is 1. The van der Waals surface area contributed by atoms with Crippen LogP contribution in [0.15, 0.2) is 64.9 Å². The lowest BCUT2D eigenvalue weighted by Crippen LogP contribution is -2.52. The van der Waals surface area contributed by atoms with Crippen molar-refractivity contribution in [2.45, 2.75) is 51.6 Å². The van der Waals surface area contributed by atoms with E-state index < -0.39 is 11.9 Å². The van der Waals surface area contributed by atoms with Crippen molar-refractivity contribution in [1.82, 2.24) is 10.2 Å². The number of aliphatic hydroxyl groups is 1. The Morgan fingerprint density at radius 2 is 1.91 bits per heavy atom. The number of aliphatic imine (C=N–C) groups is 1. The predicted octanol–water partition coefficient (Wildman–Crippen LogP) is 3.57. The fraction of sp³-hybridized carbons (Fsp3) is 0.296. The van der Waals surface area contributed by atoms with E-state index in [1.54, 1.807) is 25.1 Å². The van der Waals surface area contributed by atoms with Gasteiger partial charge in [-0.05, 0) is 30.5 Å². The van der Waals surface area contributed by atoms with E-state index >= 15 is 0 Å². The van der Waals surface area contributed by atoms with Crippen LogP contribution in [0.3, 0.4) is 0 Å². The predicted molar refractivity (Wildman–Crippen MR) is 130 cm³/mol. The SMILES string of the molecule is CCC(O)=C(C=Nc1cccc2c1CN(C1CCC(=O)NC1=O)C2=O)C(=O)CCc1ccccc1. The standard InChI is InChI=1S/C27H27N3O5/c1-2-23(31)19(24(32)13-11-17-7-4-3-5-8-17)15-28-21-10-6-9-18-20(21)16-30(27(18)35)22-12-14-25(33)29-26(22)34/h3-10,15,22,31H,2,11-14,16H2,1H3,(H,29,33,34). The van der Waals surface area contributed by atoms with Gasteiger partial charge in [0.1, 0.15) is 11.8 Å². The number of aliphatic hydroxyl groups excluding tert-OH is 1. The number of nitrogens with zero attached hydrogens (tertiary/aromatic N) is 2. The lowest BCUT2D eigenvalue weighted by molar-refractivity contribution is -0.137. The monoisotopic (exact) mass is 473 g/mol. The third-order valence-electron chi connectivity index (χ3n) is 6.32. The average Bonchev–Trinajstić information content (AvgIpc) is 3.20. The van der Waals surface area contributed by atoms with Crippen LogP contribution in [0.25, 0.3) is 0 Å². The van der Waals surface area contributed by atoms with Crippen LogP contribution in [0.4, 0.5) is 5.69 Å². The van der Waals surface area contributed by atoms with Crippen molar-refractivity contribution in [2.75, 3.05) is 0 Å². The van der Waals surface area contributed by atoms with Crippen molar-refractivity contribution in [3.05, 3.63) is 76.6 Å². The largest absolute Gasteiger partial charge is 0.512 e. The Balaban J connectivity index is 1.54. The summed E-state index contributed by atoms with van der Waals surface area (Å²) < 4.78 is 0. The molecule has 2 N–H and O–H groups in total. The number of carbonyl (C=O) groups is 4. The molecule has 0 spiro atoms. The summed E-state index contributed by atoms with van der Waals surface area (Å²) in [6.07, 6.45) is 2.87. The highest BCUT2D eigenvalue weighted by molar-refractivity contribution is 6.14. The number of benzene rings is 2. The third kappa shape index (κ3) is 5.21. The molecular weight excluding hydrogens is 446 g/mol. The van der Waals surface area contributed by atoms with Crippen molar-refractivity contribution in [2.24, 2.45) is 4.99 Å². The number of ketones is 1. The number of nitrogens with one attached hydrogen (secondary N) is 1. The van der Waals surface area contributed by atoms with Gasteiger partial charge in [0.15, 0.2) is 5.78 Å². The van der Waals surface area contributed by atoms with Crippen LogP contribution in [0.1, 0.15) is 54.1 Å². The number of hydrogen-bond donors (Lipinski definition) is 2. The Morgan fingerprint density at radius 1 is 1.14 bits per heavy atom. The Hall–Kier alpha value is -4.07. The topological polar surface area (TPSA) is 116 Å². The number of aryl methyl sites for hydroxylation is 1. The fourth-order valence-corrected chi connectivity index (χ4v) is 4.36. The molecule has 1 saturated heterocycles. The molecule has 0 aromatic heterocycles. The molecule has 2 aromatic rings. The molecule has 0 saturated carbocycles. The van der Waals surface area contributed by atoms with Crippen molar-refractivity contribution in [3.63, 3.8) is 0 Å². The first kappa shape index (κ1) is 24.1. The van der Waals surface area contributed by atoms with Gasteiger partial charge in [0.25, 0.3) is 5.91 Å². The van der Waals surface area contributed by atoms with Crippen LogP contribution >= 0.6 is 0 Å². The van der Waals surface area contributed by atoms with E-state index in [1.807, 2.05) is 30.3 Å². The van der Waals surface area contributed by atoms with Crippen LogP contribution < -0.4 is 5.32 Å². The number of piperidine rings is 1. The summed E-state index contributed by atoms with van der Waals surface area (Å²) in [5, 5.41) is 12.7. The summed E-state index contributed by atoms with van der Waals surface area (Å²) in [4.78, 5) is 55.6. The Morgan fingerprint density at radius 3 is 2.63 bits per heavy atom. The van der Waals surface area contributed by atoms with Gasteiger partial charge < -0.3 is 10.0 Å². The number of rotatable bonds is 8. The second-order valence-corrected chi connectivity index (χ2v) is 8.58. The van der Waals surface area contributed by atoms with Crippen LogP contribution in [0.5, 0.6) is 0 Å². The molecule has 2 heterocycles. The molecule has 2 aromatic carbocycles. The lowest BCUT2D eigenvalue weighted by atomic mass is 10.0. The second kappa shape index (κ2) is 10.5. The maximum Gasteiger partial charge on any atom is 0.255 e. The highest BCUT2D eigenvalue weighted by Gasteiger charge is 2.39. The number of carbonyl (C=O) groups excluding carboxylic acids is 4. The molecule has 1 unspecified atom stereocenters. The van der Waals surface area contributed by atoms with Gasteiger partial charge in [0.05, 0.1) is 11.3 Å². The molecule has 35 heavy (non-hydrogen) atoms. The lowest BCUT2D eigenvalue weighted by Gasteiger charge is -2.29. The van der Waals surface area contributed by atoms with Crippen LogP contribution in [-0.4, -0.2) is 45.8 Å². The van der Waals surface area contributed by atoms with E-state index in [2.05, 4.69) is 10.3 Å². The molecule has 8 heteroatoms. The molecule has 1 atom stereocenters. The van der Waals surface area contributed by atoms with Gasteiger partial charge in [-0.3, -0.25) is 29.5 Å². The molecular formula is C27H27N3O5. The molecule has 3 amide bonds. The highest BCUT2D eigenvalue weighted by atomic mass is 16.3. The molecule has 0 radical (unpaired) electrons. The summed E-state index contributed by atoms with van der Waals surface area (Å²) in [6.45, 7) is 1.93. The normalized spacial score (nSPS) is 18.5. The first-order chi connectivity index (χ1) is 16.9. The summed E-state index contributed by atoms with van der Waals surface area (Å²) in [5.41, 5.74) is 2.74. The number of hydrogen-bond acceptors (Lipinski definition) is 6. The average molecular weight is 474 g/mol. The third-order valence-corrected chi connectivity index (χ3v) is 6.32. The number of amides is 3. The first-order valence-electron chi connectivity index (χ1n) is 11.7. The van der Waals surface area contributed by atoms with Crippen molar-refractivity contribution < 1.29 is 24.3 Å². The van der Waals surface area contributed by atoms with Crippen LogP contribution in [0, 0.1) is 0 Å². The zero-order chi connectivity index (χ0) is 24.9. The van der Waals surface area contributed by atoms with Gasteiger partial charge >= 0.3 is 0 Å². The van der Waals surface area contributed by atoms with E-state index in [0.29, 0.717) is 23.2 Å². The van der Waals surface area contributed by atoms with Gasteiger partial charge in [0, 0.05) is 43.1 Å².